The molecule has 2 aromatic heterocycles. The summed E-state index contributed by atoms with van der Waals surface area (Å²) in [4.78, 5) is 39.3. The van der Waals surface area contributed by atoms with Crippen molar-refractivity contribution in [1.29, 1.82) is 0 Å². The number of piperazine rings is 1. The van der Waals surface area contributed by atoms with E-state index in [1.165, 1.54) is 6.07 Å². The quantitative estimate of drug-likeness (QED) is 0.0718. The summed E-state index contributed by atoms with van der Waals surface area (Å²) in [5.41, 5.74) is 2.02. The average Bonchev–Trinajstić information content (AvgIpc) is 3.80. The summed E-state index contributed by atoms with van der Waals surface area (Å²) in [5, 5.41) is 16.3. The molecule has 2 saturated heterocycles. The van der Waals surface area contributed by atoms with Gasteiger partial charge in [0.05, 0.1) is 41.0 Å². The van der Waals surface area contributed by atoms with Crippen molar-refractivity contribution >= 4 is 72.6 Å². The number of allylic oxidation sites excluding steroid dienone is 1. The number of H-pyrrole nitrogens is 1. The number of nitrogens with zero attached hydrogens (tertiary/aromatic N) is 5. The van der Waals surface area contributed by atoms with E-state index in [-0.39, 0.29) is 50.5 Å². The van der Waals surface area contributed by atoms with Crippen molar-refractivity contribution in [2.24, 2.45) is 5.41 Å². The molecular weight excluding hydrogens is 913 g/mol. The van der Waals surface area contributed by atoms with Crippen molar-refractivity contribution in [3.05, 3.63) is 111 Å². The maximum absolute atomic E-state index is 15.3. The monoisotopic (exact) mass is 962 g/mol. The van der Waals surface area contributed by atoms with Gasteiger partial charge in [0.25, 0.3) is 21.6 Å². The first-order chi connectivity index (χ1) is 32.3. The number of alkyl halides is 3. The van der Waals surface area contributed by atoms with E-state index in [9.17, 15) is 32.1 Å². The largest absolute Gasteiger partial charge is 0.474 e. The highest BCUT2D eigenvalue weighted by Gasteiger charge is 2.38. The van der Waals surface area contributed by atoms with Crippen LogP contribution in [-0.4, -0.2) is 119 Å². The number of ether oxygens (including phenoxy) is 2. The molecule has 67 heavy (non-hydrogen) atoms. The van der Waals surface area contributed by atoms with Crippen molar-refractivity contribution in [3.8, 4) is 5.88 Å². The maximum atomic E-state index is 15.3. The fraction of sp³-hybridized carbons (Fsp3) is 0.404. The molecule has 5 heterocycles. The van der Waals surface area contributed by atoms with E-state index in [0.717, 1.165) is 39.9 Å². The fourth-order valence-electron chi connectivity index (χ4n) is 9.36. The predicted molar refractivity (Wildman–Crippen MR) is 250 cm³/mol. The number of nitrogens with one attached hydrogen (secondary N) is 3. The fourth-order valence-corrected chi connectivity index (χ4v) is 10.5. The van der Waals surface area contributed by atoms with Gasteiger partial charge in [0.15, 0.2) is 0 Å². The standard InChI is InChI=1S/C47H50ClF3N8O7S/c48-34-3-1-31(2-4-34)38-26-46(28-49,29-50)11-9-33(38)27-56-15-17-57(18-16-56)35-5-7-37(40(24-35)58-19-22-66-45-42(58)23-32-10-14-52-43(32)54-45)44(60)55-67(63,64)36-6-8-39(41(25-36)59(61)62)53-30-47(51)12-20-65-21-13-47/h1-8,10,14,23-25,53H,9,11-13,15-22,26-30H2,(H,52,54)(H,55,60). The number of fused-ring (bicyclic) bond motifs is 2. The molecule has 5 aromatic rings. The molecule has 354 valence electrons. The number of hydrogen-bond acceptors (Lipinski definition) is 12. The van der Waals surface area contributed by atoms with Crippen LogP contribution in [0.3, 0.4) is 0 Å². The molecule has 20 heteroatoms. The Kier molecular flexibility index (Phi) is 13.1. The third-order valence-corrected chi connectivity index (χ3v) is 15.0. The van der Waals surface area contributed by atoms with Crippen LogP contribution in [0.25, 0.3) is 16.6 Å². The number of nitro groups is 1. The van der Waals surface area contributed by atoms with E-state index in [4.69, 9.17) is 21.1 Å². The molecule has 0 atom stereocenters. The van der Waals surface area contributed by atoms with Crippen LogP contribution in [0.1, 0.15) is 48.0 Å². The zero-order chi connectivity index (χ0) is 46.9. The second-order valence-corrected chi connectivity index (χ2v) is 19.8. The number of pyridine rings is 1. The normalized spacial score (nSPS) is 18.6. The minimum atomic E-state index is -4.68. The second-order valence-electron chi connectivity index (χ2n) is 17.7. The van der Waals surface area contributed by atoms with Gasteiger partial charge in [0.2, 0.25) is 5.88 Å². The first-order valence-corrected chi connectivity index (χ1v) is 24.1. The molecule has 0 radical (unpaired) electrons. The molecule has 1 aliphatic carbocycles. The minimum Gasteiger partial charge on any atom is -0.474 e. The van der Waals surface area contributed by atoms with Crippen molar-refractivity contribution < 1.29 is 40.8 Å². The molecule has 0 bridgehead atoms. The number of aromatic nitrogens is 2. The zero-order valence-electron chi connectivity index (χ0n) is 36.5. The van der Waals surface area contributed by atoms with Gasteiger partial charge >= 0.3 is 0 Å². The molecule has 3 N–H and O–H groups in total. The number of amides is 1. The van der Waals surface area contributed by atoms with Gasteiger partial charge in [0.1, 0.15) is 29.3 Å². The smallest absolute Gasteiger partial charge is 0.293 e. The second kappa shape index (κ2) is 19.0. The van der Waals surface area contributed by atoms with Gasteiger partial charge in [0, 0.05) is 99.1 Å². The first kappa shape index (κ1) is 46.2. The Bertz CT molecular complexity index is 2810. The maximum Gasteiger partial charge on any atom is 0.293 e. The third-order valence-electron chi connectivity index (χ3n) is 13.4. The van der Waals surface area contributed by atoms with Crippen molar-refractivity contribution in [2.45, 2.75) is 42.7 Å². The minimum absolute atomic E-state index is 0.0158. The summed E-state index contributed by atoms with van der Waals surface area (Å²) in [7, 11) is -4.68. The lowest BCUT2D eigenvalue weighted by molar-refractivity contribution is -0.384. The van der Waals surface area contributed by atoms with Crippen LogP contribution in [0, 0.1) is 15.5 Å². The van der Waals surface area contributed by atoms with E-state index in [1.54, 1.807) is 30.5 Å². The van der Waals surface area contributed by atoms with Gasteiger partial charge in [-0.05, 0) is 85.0 Å². The van der Waals surface area contributed by atoms with E-state index in [0.29, 0.717) is 86.5 Å². The van der Waals surface area contributed by atoms with Crippen molar-refractivity contribution in [3.63, 3.8) is 0 Å². The van der Waals surface area contributed by atoms with Crippen LogP contribution in [0.15, 0.2) is 89.5 Å². The lowest BCUT2D eigenvalue weighted by atomic mass is 9.71. The number of carbonyl (C=O) groups is 1. The molecule has 15 nitrogen and oxygen atoms in total. The third kappa shape index (κ3) is 9.77. The average molecular weight is 963 g/mol. The van der Waals surface area contributed by atoms with E-state index in [2.05, 4.69) is 29.8 Å². The van der Waals surface area contributed by atoms with Crippen molar-refractivity contribution in [2.75, 3.05) is 94.1 Å². The summed E-state index contributed by atoms with van der Waals surface area (Å²) in [6, 6.07) is 19.4. The first-order valence-electron chi connectivity index (χ1n) is 22.2. The van der Waals surface area contributed by atoms with E-state index in [1.807, 2.05) is 35.2 Å². The summed E-state index contributed by atoms with van der Waals surface area (Å²) < 4.78 is 85.0. The van der Waals surface area contributed by atoms with E-state index >= 15 is 4.39 Å². The topological polar surface area (TPSA) is 175 Å². The summed E-state index contributed by atoms with van der Waals surface area (Å²) >= 11 is 6.19. The Labute approximate surface area is 390 Å². The molecular formula is C47H50ClF3N8O7S. The Balaban J connectivity index is 0.975. The Hall–Kier alpha value is -5.89. The number of hydrogen-bond donors (Lipinski definition) is 3. The molecule has 9 rings (SSSR count). The number of carbonyl (C=O) groups excluding carboxylic acids is 1. The van der Waals surface area contributed by atoms with Crippen molar-refractivity contribution in [1.82, 2.24) is 19.6 Å². The van der Waals surface area contributed by atoms with Crippen LogP contribution in [-0.2, 0) is 14.8 Å². The number of anilines is 4. The summed E-state index contributed by atoms with van der Waals surface area (Å²) in [6.07, 6.45) is 3.27. The number of nitro benzene ring substituents is 1. The number of rotatable bonds is 14. The van der Waals surface area contributed by atoms with Crippen LogP contribution < -0.4 is 24.6 Å². The number of halogens is 4. The molecule has 1 amide bonds. The van der Waals surface area contributed by atoms with Crippen LogP contribution in [0.2, 0.25) is 5.02 Å². The van der Waals surface area contributed by atoms with Gasteiger partial charge in [-0.2, -0.15) is 4.98 Å². The number of aromatic amines is 1. The summed E-state index contributed by atoms with van der Waals surface area (Å²) in [5.74, 6) is -0.651. The molecule has 2 fully saturated rings. The lowest BCUT2D eigenvalue weighted by Gasteiger charge is -2.40. The Morgan fingerprint density at radius 1 is 0.925 bits per heavy atom. The molecule has 3 aromatic carbocycles. The van der Waals surface area contributed by atoms with Crippen LogP contribution >= 0.6 is 11.6 Å². The molecule has 0 saturated carbocycles. The Morgan fingerprint density at radius 2 is 1.69 bits per heavy atom. The molecule has 3 aliphatic heterocycles. The summed E-state index contributed by atoms with van der Waals surface area (Å²) in [6.45, 7) is 2.43. The highest BCUT2D eigenvalue weighted by molar-refractivity contribution is 7.90. The van der Waals surface area contributed by atoms with Gasteiger partial charge in [-0.1, -0.05) is 29.3 Å². The van der Waals surface area contributed by atoms with Gasteiger partial charge in [-0.3, -0.25) is 28.6 Å². The van der Waals surface area contributed by atoms with E-state index < -0.39 is 55.9 Å². The predicted octanol–water partition coefficient (Wildman–Crippen LogP) is 8.39. The highest BCUT2D eigenvalue weighted by atomic mass is 35.5. The lowest BCUT2D eigenvalue weighted by Crippen LogP contribution is -2.47. The SMILES string of the molecule is O=C(NS(=O)(=O)c1ccc(NCC2(F)CCOCC2)c([N+](=O)[O-])c1)c1ccc(N2CCN(CC3=C(c4ccc(Cl)cc4)CC(CF)(CF)CC3)CC2)cc1N1CCOc2nc3[nH]ccc3cc21. The number of sulfonamides is 1. The molecule has 0 unspecified atom stereocenters. The molecule has 0 spiro atoms. The van der Waals surface area contributed by atoms with Gasteiger partial charge in [-0.15, -0.1) is 0 Å². The van der Waals surface area contributed by atoms with Crippen LogP contribution in [0.5, 0.6) is 5.88 Å². The van der Waals surface area contributed by atoms with Crippen LogP contribution in [0.4, 0.5) is 41.6 Å². The highest BCUT2D eigenvalue weighted by Crippen LogP contribution is 2.45. The van der Waals surface area contributed by atoms with Gasteiger partial charge in [-0.25, -0.2) is 17.5 Å². The molecule has 4 aliphatic rings. The Morgan fingerprint density at radius 3 is 2.42 bits per heavy atom. The zero-order valence-corrected chi connectivity index (χ0v) is 38.1. The number of benzene rings is 3. The van der Waals surface area contributed by atoms with Gasteiger partial charge < -0.3 is 29.6 Å².